The number of aliphatic hydroxyl groups is 1. The third kappa shape index (κ3) is 3.30. The molecule has 2 unspecified atom stereocenters. The maximum Gasteiger partial charge on any atom is 0.415 e. The first-order valence-corrected chi connectivity index (χ1v) is 6.52. The Bertz CT molecular complexity index is 475. The summed E-state index contributed by atoms with van der Waals surface area (Å²) < 4.78 is 50.5. The number of nitrogens with zero attached hydrogens (tertiary/aromatic N) is 1. The van der Waals surface area contributed by atoms with Crippen LogP contribution in [-0.4, -0.2) is 35.9 Å². The van der Waals surface area contributed by atoms with Crippen molar-refractivity contribution in [2.75, 3.05) is 13.6 Å². The van der Waals surface area contributed by atoms with Gasteiger partial charge >= 0.3 is 6.18 Å². The first-order chi connectivity index (χ1) is 9.29. The van der Waals surface area contributed by atoms with Gasteiger partial charge in [0, 0.05) is 12.6 Å². The summed E-state index contributed by atoms with van der Waals surface area (Å²) in [4.78, 5) is 1.45. The number of likely N-dealkylation sites (N-methyl/N-ethyl adjacent to an activating group) is 1. The van der Waals surface area contributed by atoms with Gasteiger partial charge in [0.05, 0.1) is 0 Å². The van der Waals surface area contributed by atoms with Gasteiger partial charge in [-0.1, -0.05) is 6.07 Å². The molecule has 20 heavy (non-hydrogen) atoms. The largest absolute Gasteiger partial charge is 0.415 e. The molecule has 0 spiro atoms. The lowest BCUT2D eigenvalue weighted by Gasteiger charge is -2.34. The van der Waals surface area contributed by atoms with Crippen LogP contribution in [0.2, 0.25) is 0 Å². The predicted octanol–water partition coefficient (Wildman–Crippen LogP) is 3.06. The minimum Gasteiger partial charge on any atom is -0.382 e. The molecule has 2 atom stereocenters. The normalized spacial score (nSPS) is 20.9. The van der Waals surface area contributed by atoms with Crippen LogP contribution in [0.15, 0.2) is 18.2 Å². The summed E-state index contributed by atoms with van der Waals surface area (Å²) in [5.74, 6) is -0.389. The van der Waals surface area contributed by atoms with E-state index in [0.717, 1.165) is 24.0 Å². The highest BCUT2D eigenvalue weighted by Crippen LogP contribution is 2.34. The summed E-state index contributed by atoms with van der Waals surface area (Å²) in [7, 11) is 1.53. The quantitative estimate of drug-likeness (QED) is 0.865. The molecule has 1 N–H and O–H groups in total. The average molecular weight is 291 g/mol. The molecule has 1 aromatic carbocycles. The molecule has 0 amide bonds. The monoisotopic (exact) mass is 291 g/mol. The first-order valence-electron chi connectivity index (χ1n) is 6.52. The molecule has 1 aliphatic rings. The van der Waals surface area contributed by atoms with Crippen LogP contribution in [0.4, 0.5) is 17.6 Å². The number of rotatable bonds is 3. The lowest BCUT2D eigenvalue weighted by atomic mass is 9.86. The highest BCUT2D eigenvalue weighted by atomic mass is 19.4. The zero-order valence-corrected chi connectivity index (χ0v) is 11.1. The summed E-state index contributed by atoms with van der Waals surface area (Å²) in [6.07, 6.45) is -4.70. The van der Waals surface area contributed by atoms with Gasteiger partial charge in [0.1, 0.15) is 5.82 Å². The summed E-state index contributed by atoms with van der Waals surface area (Å²) >= 11 is 0. The number of aryl methyl sites for hydroxylation is 1. The summed E-state index contributed by atoms with van der Waals surface area (Å²) in [6.45, 7) is -0.510. The zero-order valence-electron chi connectivity index (χ0n) is 11.1. The van der Waals surface area contributed by atoms with Gasteiger partial charge in [-0.3, -0.25) is 4.90 Å². The minimum atomic E-state index is -4.63. The molecular weight excluding hydrogens is 274 g/mol. The Balaban J connectivity index is 2.16. The molecular formula is C14H17F4NO. The van der Waals surface area contributed by atoms with E-state index in [0.29, 0.717) is 6.42 Å². The van der Waals surface area contributed by atoms with Crippen LogP contribution in [0.1, 0.15) is 30.0 Å². The van der Waals surface area contributed by atoms with E-state index in [1.54, 1.807) is 6.07 Å². The van der Waals surface area contributed by atoms with Gasteiger partial charge in [0.15, 0.2) is 6.10 Å². The Labute approximate surface area is 115 Å². The number of halogens is 4. The van der Waals surface area contributed by atoms with Crippen LogP contribution >= 0.6 is 0 Å². The predicted molar refractivity (Wildman–Crippen MR) is 66.8 cm³/mol. The van der Waals surface area contributed by atoms with Gasteiger partial charge < -0.3 is 5.11 Å². The van der Waals surface area contributed by atoms with E-state index in [-0.39, 0.29) is 11.9 Å². The van der Waals surface area contributed by atoms with E-state index in [9.17, 15) is 17.6 Å². The second kappa shape index (κ2) is 5.69. The molecule has 2 rings (SSSR count). The Morgan fingerprint density at radius 1 is 1.40 bits per heavy atom. The fourth-order valence-electron chi connectivity index (χ4n) is 2.71. The summed E-state index contributed by atoms with van der Waals surface area (Å²) in [5.41, 5.74) is 1.70. The van der Waals surface area contributed by atoms with Gasteiger partial charge in [-0.25, -0.2) is 4.39 Å². The third-order valence-electron chi connectivity index (χ3n) is 3.76. The number of aliphatic hydroxyl groups excluding tert-OH is 1. The van der Waals surface area contributed by atoms with Crippen LogP contribution in [0.5, 0.6) is 0 Å². The van der Waals surface area contributed by atoms with E-state index in [1.165, 1.54) is 24.1 Å². The molecule has 0 saturated carbocycles. The molecule has 2 nitrogen and oxygen atoms in total. The second-order valence-electron chi connectivity index (χ2n) is 5.25. The minimum absolute atomic E-state index is 0.286. The Kier molecular flexibility index (Phi) is 4.34. The lowest BCUT2D eigenvalue weighted by molar-refractivity contribution is -0.208. The van der Waals surface area contributed by atoms with Gasteiger partial charge in [-0.05, 0) is 49.6 Å². The molecule has 1 aliphatic carbocycles. The highest BCUT2D eigenvalue weighted by molar-refractivity contribution is 5.32. The fourth-order valence-corrected chi connectivity index (χ4v) is 2.71. The Hall–Kier alpha value is -1.14. The van der Waals surface area contributed by atoms with Gasteiger partial charge in [-0.2, -0.15) is 13.2 Å². The van der Waals surface area contributed by atoms with Gasteiger partial charge in [0.25, 0.3) is 0 Å². The van der Waals surface area contributed by atoms with Crippen LogP contribution in [-0.2, 0) is 6.42 Å². The van der Waals surface area contributed by atoms with Crippen molar-refractivity contribution >= 4 is 0 Å². The van der Waals surface area contributed by atoms with E-state index < -0.39 is 18.8 Å². The summed E-state index contributed by atoms with van der Waals surface area (Å²) in [5, 5.41) is 9.15. The van der Waals surface area contributed by atoms with Gasteiger partial charge in [0.2, 0.25) is 0 Å². The van der Waals surface area contributed by atoms with Crippen molar-refractivity contribution in [3.8, 4) is 0 Å². The second-order valence-corrected chi connectivity index (χ2v) is 5.25. The number of alkyl halides is 3. The lowest BCUT2D eigenvalue weighted by Crippen LogP contribution is -2.41. The highest BCUT2D eigenvalue weighted by Gasteiger charge is 2.40. The molecule has 0 radical (unpaired) electrons. The SMILES string of the molecule is CN(CC(O)C(F)(F)F)C1CCCc2ccc(F)cc21. The molecule has 0 heterocycles. The first kappa shape index (κ1) is 15.3. The summed E-state index contributed by atoms with van der Waals surface area (Å²) in [6, 6.07) is 4.15. The van der Waals surface area contributed by atoms with Crippen molar-refractivity contribution in [2.45, 2.75) is 37.6 Å². The zero-order chi connectivity index (χ0) is 14.9. The fraction of sp³-hybridized carbons (Fsp3) is 0.571. The molecule has 0 saturated heterocycles. The molecule has 0 aromatic heterocycles. The molecule has 6 heteroatoms. The Morgan fingerprint density at radius 3 is 2.75 bits per heavy atom. The average Bonchev–Trinajstić information content (AvgIpc) is 2.36. The Morgan fingerprint density at radius 2 is 2.10 bits per heavy atom. The van der Waals surface area contributed by atoms with Crippen LogP contribution in [0.3, 0.4) is 0 Å². The van der Waals surface area contributed by atoms with Crippen molar-refractivity contribution in [1.29, 1.82) is 0 Å². The van der Waals surface area contributed by atoms with Crippen molar-refractivity contribution in [3.05, 3.63) is 35.1 Å². The van der Waals surface area contributed by atoms with Crippen LogP contribution in [0.25, 0.3) is 0 Å². The van der Waals surface area contributed by atoms with Crippen molar-refractivity contribution in [3.63, 3.8) is 0 Å². The van der Waals surface area contributed by atoms with E-state index in [2.05, 4.69) is 0 Å². The molecule has 1 aromatic rings. The van der Waals surface area contributed by atoms with Gasteiger partial charge in [-0.15, -0.1) is 0 Å². The van der Waals surface area contributed by atoms with E-state index in [4.69, 9.17) is 5.11 Å². The van der Waals surface area contributed by atoms with Crippen LogP contribution in [0, 0.1) is 5.82 Å². The van der Waals surface area contributed by atoms with Crippen molar-refractivity contribution < 1.29 is 22.7 Å². The van der Waals surface area contributed by atoms with E-state index >= 15 is 0 Å². The topological polar surface area (TPSA) is 23.5 Å². The maximum absolute atomic E-state index is 13.3. The standard InChI is InChI=1S/C14H17F4NO/c1-19(8-13(20)14(16,17)18)12-4-2-3-9-5-6-10(15)7-11(9)12/h5-7,12-13,20H,2-4,8H2,1H3. The number of hydrogen-bond donors (Lipinski definition) is 1. The smallest absolute Gasteiger partial charge is 0.382 e. The number of fused-ring (bicyclic) bond motifs is 1. The molecule has 0 fully saturated rings. The maximum atomic E-state index is 13.3. The molecule has 112 valence electrons. The van der Waals surface area contributed by atoms with Crippen molar-refractivity contribution in [1.82, 2.24) is 4.90 Å². The molecule has 0 aliphatic heterocycles. The number of hydrogen-bond acceptors (Lipinski definition) is 2. The van der Waals surface area contributed by atoms with Crippen molar-refractivity contribution in [2.24, 2.45) is 0 Å². The molecule has 0 bridgehead atoms. The third-order valence-corrected chi connectivity index (χ3v) is 3.76. The number of benzene rings is 1. The van der Waals surface area contributed by atoms with E-state index in [1.807, 2.05) is 0 Å². The van der Waals surface area contributed by atoms with Crippen LogP contribution < -0.4 is 0 Å².